The molecule has 1 unspecified atom stereocenters. The lowest BCUT2D eigenvalue weighted by Crippen LogP contribution is -2.26. The van der Waals surface area contributed by atoms with Crippen molar-refractivity contribution in [2.45, 2.75) is 52.0 Å². The molecular weight excluding hydrogens is 225 g/mol. The molecule has 1 aromatic carbocycles. The summed E-state index contributed by atoms with van der Waals surface area (Å²) in [7, 11) is 0. The van der Waals surface area contributed by atoms with Crippen molar-refractivity contribution in [1.29, 1.82) is 0 Å². The van der Waals surface area contributed by atoms with Gasteiger partial charge in [-0.15, -0.1) is 0 Å². The van der Waals surface area contributed by atoms with Crippen LogP contribution in [0.3, 0.4) is 0 Å². The van der Waals surface area contributed by atoms with Gasteiger partial charge in [-0.3, -0.25) is 0 Å². The van der Waals surface area contributed by atoms with E-state index in [1.54, 1.807) is 12.1 Å². The van der Waals surface area contributed by atoms with Crippen LogP contribution in [0.15, 0.2) is 18.2 Å². The normalized spacial score (nSPS) is 26.0. The van der Waals surface area contributed by atoms with Gasteiger partial charge in [-0.05, 0) is 37.7 Å². The predicted octanol–water partition coefficient (Wildman–Crippen LogP) is 4.35. The molecule has 100 valence electrons. The smallest absolute Gasteiger partial charge is 0.127 e. The Morgan fingerprint density at radius 2 is 1.94 bits per heavy atom. The second-order valence-electron chi connectivity index (χ2n) is 5.74. The lowest BCUT2D eigenvalue weighted by atomic mass is 9.76. The minimum Gasteiger partial charge on any atom is -0.324 e. The van der Waals surface area contributed by atoms with Gasteiger partial charge < -0.3 is 5.73 Å². The van der Waals surface area contributed by atoms with E-state index >= 15 is 0 Å². The minimum atomic E-state index is -0.147. The lowest BCUT2D eigenvalue weighted by Gasteiger charge is -2.32. The van der Waals surface area contributed by atoms with Gasteiger partial charge in [0.15, 0.2) is 0 Å². The van der Waals surface area contributed by atoms with Crippen LogP contribution in [0.5, 0.6) is 0 Å². The first-order chi connectivity index (χ1) is 8.61. The Morgan fingerprint density at radius 1 is 1.28 bits per heavy atom. The number of aryl methyl sites for hydroxylation is 1. The summed E-state index contributed by atoms with van der Waals surface area (Å²) < 4.78 is 13.8. The maximum absolute atomic E-state index is 13.8. The van der Waals surface area contributed by atoms with Crippen molar-refractivity contribution in [2.24, 2.45) is 17.6 Å². The fourth-order valence-electron chi connectivity index (χ4n) is 3.13. The van der Waals surface area contributed by atoms with Gasteiger partial charge in [-0.25, -0.2) is 4.39 Å². The highest BCUT2D eigenvalue weighted by molar-refractivity contribution is 5.27. The Labute approximate surface area is 110 Å². The Hall–Kier alpha value is -0.890. The van der Waals surface area contributed by atoms with Crippen molar-refractivity contribution >= 4 is 0 Å². The van der Waals surface area contributed by atoms with Gasteiger partial charge in [0.2, 0.25) is 0 Å². The summed E-state index contributed by atoms with van der Waals surface area (Å²) in [5, 5.41) is 0. The fourth-order valence-corrected chi connectivity index (χ4v) is 3.13. The van der Waals surface area contributed by atoms with Gasteiger partial charge in [0, 0.05) is 11.6 Å². The van der Waals surface area contributed by atoms with Crippen molar-refractivity contribution in [3.05, 3.63) is 35.1 Å². The van der Waals surface area contributed by atoms with Gasteiger partial charge in [0.25, 0.3) is 0 Å². The van der Waals surface area contributed by atoms with E-state index in [0.717, 1.165) is 24.3 Å². The summed E-state index contributed by atoms with van der Waals surface area (Å²) in [6.07, 6.45) is 6.06. The molecule has 1 aliphatic carbocycles. The van der Waals surface area contributed by atoms with E-state index in [1.807, 2.05) is 13.0 Å². The van der Waals surface area contributed by atoms with E-state index in [4.69, 9.17) is 5.73 Å². The second kappa shape index (κ2) is 5.83. The molecule has 1 aromatic rings. The maximum atomic E-state index is 13.8. The largest absolute Gasteiger partial charge is 0.324 e. The van der Waals surface area contributed by atoms with Crippen molar-refractivity contribution in [2.75, 3.05) is 0 Å². The molecule has 0 aromatic heterocycles. The highest BCUT2D eigenvalue weighted by atomic mass is 19.1. The number of rotatable bonds is 3. The van der Waals surface area contributed by atoms with Crippen molar-refractivity contribution in [1.82, 2.24) is 0 Å². The molecule has 1 saturated carbocycles. The van der Waals surface area contributed by atoms with E-state index < -0.39 is 0 Å². The summed E-state index contributed by atoms with van der Waals surface area (Å²) in [4.78, 5) is 0. The molecule has 2 rings (SSSR count). The summed E-state index contributed by atoms with van der Waals surface area (Å²) >= 11 is 0. The molecule has 2 heteroatoms. The van der Waals surface area contributed by atoms with Crippen LogP contribution >= 0.6 is 0 Å². The zero-order chi connectivity index (χ0) is 13.1. The topological polar surface area (TPSA) is 26.0 Å². The quantitative estimate of drug-likeness (QED) is 0.846. The van der Waals surface area contributed by atoms with Crippen molar-refractivity contribution in [3.8, 4) is 0 Å². The third-order valence-corrected chi connectivity index (χ3v) is 4.49. The van der Waals surface area contributed by atoms with E-state index in [-0.39, 0.29) is 11.9 Å². The summed E-state index contributed by atoms with van der Waals surface area (Å²) in [5.41, 5.74) is 8.08. The van der Waals surface area contributed by atoms with Crippen LogP contribution in [0.25, 0.3) is 0 Å². The number of hydrogen-bond donors (Lipinski definition) is 1. The zero-order valence-corrected chi connectivity index (χ0v) is 11.5. The van der Waals surface area contributed by atoms with Crippen LogP contribution in [0.1, 0.15) is 56.2 Å². The molecule has 0 radical (unpaired) electrons. The van der Waals surface area contributed by atoms with Crippen LogP contribution in [-0.2, 0) is 0 Å². The maximum Gasteiger partial charge on any atom is 0.127 e. The fraction of sp³-hybridized carbons (Fsp3) is 0.625. The van der Waals surface area contributed by atoms with Crippen LogP contribution in [0.2, 0.25) is 0 Å². The third-order valence-electron chi connectivity index (χ3n) is 4.49. The highest BCUT2D eigenvalue weighted by Crippen LogP contribution is 2.37. The third kappa shape index (κ3) is 2.92. The van der Waals surface area contributed by atoms with Gasteiger partial charge in [-0.1, -0.05) is 43.9 Å². The molecule has 0 saturated heterocycles. The molecule has 0 bridgehead atoms. The molecule has 0 amide bonds. The predicted molar refractivity (Wildman–Crippen MR) is 73.8 cm³/mol. The standard InChI is InChI=1S/C16H24FN/c1-3-12-5-7-13(8-6-12)16(18)14-10-11(2)4-9-15(14)17/h4,9-10,12-13,16H,3,5-8,18H2,1-2H3. The average molecular weight is 249 g/mol. The molecule has 0 aliphatic heterocycles. The molecule has 0 heterocycles. The summed E-state index contributed by atoms with van der Waals surface area (Å²) in [6.45, 7) is 4.24. The zero-order valence-electron chi connectivity index (χ0n) is 11.5. The first kappa shape index (κ1) is 13.5. The summed E-state index contributed by atoms with van der Waals surface area (Å²) in [5.74, 6) is 1.16. The molecule has 0 spiro atoms. The first-order valence-electron chi connectivity index (χ1n) is 7.13. The van der Waals surface area contributed by atoms with Crippen molar-refractivity contribution in [3.63, 3.8) is 0 Å². The average Bonchev–Trinajstić information content (AvgIpc) is 2.41. The van der Waals surface area contributed by atoms with E-state index in [0.29, 0.717) is 11.5 Å². The SMILES string of the molecule is CCC1CCC(C(N)c2cc(C)ccc2F)CC1. The van der Waals surface area contributed by atoms with Crippen LogP contribution in [-0.4, -0.2) is 0 Å². The molecule has 1 atom stereocenters. The molecule has 2 N–H and O–H groups in total. The molecule has 18 heavy (non-hydrogen) atoms. The summed E-state index contributed by atoms with van der Waals surface area (Å²) in [6, 6.07) is 5.12. The minimum absolute atomic E-state index is 0.136. The number of benzene rings is 1. The second-order valence-corrected chi connectivity index (χ2v) is 5.74. The molecule has 1 aliphatic rings. The number of halogens is 1. The lowest BCUT2D eigenvalue weighted by molar-refractivity contribution is 0.237. The van der Waals surface area contributed by atoms with E-state index in [9.17, 15) is 4.39 Å². The monoisotopic (exact) mass is 249 g/mol. The Kier molecular flexibility index (Phi) is 4.39. The highest BCUT2D eigenvalue weighted by Gasteiger charge is 2.27. The van der Waals surface area contributed by atoms with E-state index in [2.05, 4.69) is 6.92 Å². The van der Waals surface area contributed by atoms with Crippen LogP contribution < -0.4 is 5.73 Å². The molecule has 1 fully saturated rings. The Morgan fingerprint density at radius 3 is 2.56 bits per heavy atom. The Balaban J connectivity index is 2.07. The Bertz CT molecular complexity index is 394. The first-order valence-corrected chi connectivity index (χ1v) is 7.13. The number of nitrogens with two attached hydrogens (primary N) is 1. The molecule has 1 nitrogen and oxygen atoms in total. The van der Waals surface area contributed by atoms with E-state index in [1.165, 1.54) is 19.3 Å². The molecular formula is C16H24FN. The van der Waals surface area contributed by atoms with Crippen molar-refractivity contribution < 1.29 is 4.39 Å². The van der Waals surface area contributed by atoms with Crippen LogP contribution in [0.4, 0.5) is 4.39 Å². The number of hydrogen-bond acceptors (Lipinski definition) is 1. The van der Waals surface area contributed by atoms with Gasteiger partial charge >= 0.3 is 0 Å². The van der Waals surface area contributed by atoms with Crippen LogP contribution in [0, 0.1) is 24.6 Å². The van der Waals surface area contributed by atoms with Gasteiger partial charge in [0.05, 0.1) is 0 Å². The van der Waals surface area contributed by atoms with Gasteiger partial charge in [-0.2, -0.15) is 0 Å². The van der Waals surface area contributed by atoms with Gasteiger partial charge in [0.1, 0.15) is 5.82 Å².